The Morgan fingerprint density at radius 3 is 2.71 bits per heavy atom. The number of anilines is 1. The van der Waals surface area contributed by atoms with Gasteiger partial charge in [-0.3, -0.25) is 0 Å². The number of ether oxygens (including phenoxy) is 1. The van der Waals surface area contributed by atoms with Gasteiger partial charge in [-0.05, 0) is 18.2 Å². The van der Waals surface area contributed by atoms with Gasteiger partial charge in [0, 0.05) is 17.4 Å². The third-order valence-corrected chi connectivity index (χ3v) is 4.81. The van der Waals surface area contributed by atoms with Crippen molar-refractivity contribution in [1.82, 2.24) is 15.1 Å². The molecule has 1 unspecified atom stereocenters. The fourth-order valence-electron chi connectivity index (χ4n) is 3.42. The van der Waals surface area contributed by atoms with Gasteiger partial charge in [0.1, 0.15) is 0 Å². The quantitative estimate of drug-likeness (QED) is 0.516. The number of hydrogen-bond acceptors (Lipinski definition) is 4. The largest absolute Gasteiger partial charge is 0.490 e. The Morgan fingerprint density at radius 2 is 2.00 bits per heavy atom. The first-order chi connectivity index (χ1) is 14.7. The number of amides is 2. The molecule has 162 valence electrons. The van der Waals surface area contributed by atoms with Crippen LogP contribution in [0.15, 0.2) is 36.5 Å². The van der Waals surface area contributed by atoms with Gasteiger partial charge in [0.25, 0.3) is 0 Å². The molecular formula is C19H14F4N4O4. The molecule has 0 spiro atoms. The average Bonchev–Trinajstić information content (AvgIpc) is 3.13. The Morgan fingerprint density at radius 1 is 1.23 bits per heavy atom. The molecule has 3 N–H and O–H groups in total. The van der Waals surface area contributed by atoms with Crippen molar-refractivity contribution in [1.29, 1.82) is 0 Å². The van der Waals surface area contributed by atoms with Crippen LogP contribution in [0.1, 0.15) is 23.6 Å². The van der Waals surface area contributed by atoms with Gasteiger partial charge in [0.05, 0.1) is 35.6 Å². The topological polar surface area (TPSA) is 105 Å². The van der Waals surface area contributed by atoms with E-state index in [1.54, 1.807) is 0 Å². The van der Waals surface area contributed by atoms with Gasteiger partial charge in [0.15, 0.2) is 11.6 Å². The Balaban J connectivity index is 1.57. The minimum absolute atomic E-state index is 0.0862. The minimum Gasteiger partial charge on any atom is -0.490 e. The molecule has 31 heavy (non-hydrogen) atoms. The third kappa shape index (κ3) is 3.71. The van der Waals surface area contributed by atoms with Gasteiger partial charge in [0.2, 0.25) is 0 Å². The van der Waals surface area contributed by atoms with Crippen LogP contribution in [0, 0.1) is 5.82 Å². The number of carbonyl (C=O) groups is 2. The van der Waals surface area contributed by atoms with Crippen LogP contribution >= 0.6 is 0 Å². The van der Waals surface area contributed by atoms with Crippen molar-refractivity contribution in [2.24, 2.45) is 0 Å². The van der Waals surface area contributed by atoms with Crippen LogP contribution in [0.4, 0.5) is 32.8 Å². The first-order valence-electron chi connectivity index (χ1n) is 8.96. The predicted molar refractivity (Wildman–Crippen MR) is 99.6 cm³/mol. The number of hydrogen-bond donors (Lipinski definition) is 3. The number of alkyl halides is 3. The molecule has 8 nitrogen and oxygen atoms in total. The molecule has 1 aliphatic heterocycles. The highest BCUT2D eigenvalue weighted by Crippen LogP contribution is 2.41. The van der Waals surface area contributed by atoms with E-state index in [9.17, 15) is 27.2 Å². The van der Waals surface area contributed by atoms with Crippen LogP contribution in [0.2, 0.25) is 0 Å². The van der Waals surface area contributed by atoms with Crippen LogP contribution in [-0.2, 0) is 6.18 Å². The van der Waals surface area contributed by atoms with Crippen molar-refractivity contribution in [2.45, 2.75) is 18.6 Å². The number of nitrogens with one attached hydrogen (secondary N) is 2. The molecule has 2 amide bonds. The fraction of sp³-hybridized carbons (Fsp3) is 0.211. The SMILES string of the molecule is O=C(Nc1cccc2c1cnn2C(=O)O)NC1CCOc2c1ccc(C(F)(F)F)c2F. The van der Waals surface area contributed by atoms with Crippen LogP contribution < -0.4 is 15.4 Å². The van der Waals surface area contributed by atoms with Gasteiger partial charge in [-0.1, -0.05) is 12.1 Å². The summed E-state index contributed by atoms with van der Waals surface area (Å²) in [5.41, 5.74) is -0.834. The number of aromatic nitrogens is 2. The summed E-state index contributed by atoms with van der Waals surface area (Å²) in [6.45, 7) is -0.0862. The molecule has 1 aromatic heterocycles. The lowest BCUT2D eigenvalue weighted by Gasteiger charge is -2.28. The van der Waals surface area contributed by atoms with E-state index >= 15 is 0 Å². The number of nitrogens with zero attached hydrogens (tertiary/aromatic N) is 2. The van der Waals surface area contributed by atoms with Crippen LogP contribution in [0.25, 0.3) is 10.9 Å². The highest BCUT2D eigenvalue weighted by atomic mass is 19.4. The smallest absolute Gasteiger partial charge is 0.432 e. The predicted octanol–water partition coefficient (Wildman–Crippen LogP) is 4.37. The monoisotopic (exact) mass is 438 g/mol. The summed E-state index contributed by atoms with van der Waals surface area (Å²) >= 11 is 0. The minimum atomic E-state index is -4.88. The van der Waals surface area contributed by atoms with E-state index in [0.717, 1.165) is 10.7 Å². The number of fused-ring (bicyclic) bond motifs is 2. The summed E-state index contributed by atoms with van der Waals surface area (Å²) in [4.78, 5) is 23.7. The first-order valence-corrected chi connectivity index (χ1v) is 8.96. The number of urea groups is 1. The second-order valence-corrected chi connectivity index (χ2v) is 6.71. The second kappa shape index (κ2) is 7.45. The van der Waals surface area contributed by atoms with Crippen molar-refractivity contribution in [3.05, 3.63) is 53.5 Å². The molecule has 0 bridgehead atoms. The Labute approximate surface area is 171 Å². The molecule has 0 aliphatic carbocycles. The fourth-order valence-corrected chi connectivity index (χ4v) is 3.42. The standard InChI is InChI=1S/C19H14F4N4O4/c20-15-11(19(21,22)23)5-4-9-13(6-7-31-16(9)15)26-17(28)25-12-2-1-3-14-10(12)8-24-27(14)18(29)30/h1-5,8,13H,6-7H2,(H,29,30)(H2,25,26,28). The number of benzene rings is 2. The first kappa shape index (κ1) is 20.4. The molecule has 0 radical (unpaired) electrons. The molecule has 1 atom stereocenters. The van der Waals surface area contributed by atoms with Crippen molar-refractivity contribution in [3.63, 3.8) is 0 Å². The molecule has 4 rings (SSSR count). The highest BCUT2D eigenvalue weighted by molar-refractivity contribution is 6.02. The zero-order valence-corrected chi connectivity index (χ0v) is 15.5. The zero-order chi connectivity index (χ0) is 22.3. The normalized spacial score (nSPS) is 15.8. The highest BCUT2D eigenvalue weighted by Gasteiger charge is 2.38. The lowest BCUT2D eigenvalue weighted by molar-refractivity contribution is -0.140. The molecule has 0 fully saturated rings. The molecule has 12 heteroatoms. The second-order valence-electron chi connectivity index (χ2n) is 6.71. The summed E-state index contributed by atoms with van der Waals surface area (Å²) in [7, 11) is 0. The number of halogens is 4. The third-order valence-electron chi connectivity index (χ3n) is 4.81. The summed E-state index contributed by atoms with van der Waals surface area (Å²) < 4.78 is 58.9. The van der Waals surface area contributed by atoms with E-state index in [1.807, 2.05) is 0 Å². The Bertz CT molecular complexity index is 1190. The maximum Gasteiger partial charge on any atom is 0.432 e. The van der Waals surface area contributed by atoms with E-state index in [-0.39, 0.29) is 29.8 Å². The van der Waals surface area contributed by atoms with E-state index in [0.29, 0.717) is 11.5 Å². The molecule has 2 heterocycles. The summed E-state index contributed by atoms with van der Waals surface area (Å²) in [6.07, 6.45) is -4.68. The van der Waals surface area contributed by atoms with E-state index in [1.165, 1.54) is 24.4 Å². The summed E-state index contributed by atoms with van der Waals surface area (Å²) in [5.74, 6) is -2.07. The van der Waals surface area contributed by atoms with Gasteiger partial charge < -0.3 is 20.5 Å². The summed E-state index contributed by atoms with van der Waals surface area (Å²) in [5, 5.41) is 18.4. The Hall–Kier alpha value is -3.83. The van der Waals surface area contributed by atoms with Crippen LogP contribution in [-0.4, -0.2) is 33.6 Å². The number of carbonyl (C=O) groups excluding carboxylic acids is 1. The Kier molecular flexibility index (Phi) is 4.91. The zero-order valence-electron chi connectivity index (χ0n) is 15.5. The van der Waals surface area contributed by atoms with Crippen LogP contribution in [0.3, 0.4) is 0 Å². The van der Waals surface area contributed by atoms with Gasteiger partial charge >= 0.3 is 18.3 Å². The van der Waals surface area contributed by atoms with Gasteiger partial charge in [-0.15, -0.1) is 0 Å². The van der Waals surface area contributed by atoms with E-state index in [4.69, 9.17) is 9.84 Å². The number of carboxylic acid groups (broad SMARTS) is 1. The molecule has 0 saturated carbocycles. The molecule has 3 aromatic rings. The van der Waals surface area contributed by atoms with Gasteiger partial charge in [-0.25, -0.2) is 14.0 Å². The maximum atomic E-state index is 14.3. The molecule has 1 aliphatic rings. The number of rotatable bonds is 2. The van der Waals surface area contributed by atoms with Crippen molar-refractivity contribution in [2.75, 3.05) is 11.9 Å². The average molecular weight is 438 g/mol. The van der Waals surface area contributed by atoms with E-state index in [2.05, 4.69) is 15.7 Å². The van der Waals surface area contributed by atoms with Crippen molar-refractivity contribution in [3.8, 4) is 5.75 Å². The van der Waals surface area contributed by atoms with Crippen molar-refractivity contribution < 1.29 is 37.0 Å². The lowest BCUT2D eigenvalue weighted by atomic mass is 9.98. The summed E-state index contributed by atoms with van der Waals surface area (Å²) in [6, 6.07) is 4.74. The maximum absolute atomic E-state index is 14.3. The molecule has 0 saturated heterocycles. The van der Waals surface area contributed by atoms with Crippen LogP contribution in [0.5, 0.6) is 5.75 Å². The van der Waals surface area contributed by atoms with Crippen molar-refractivity contribution >= 4 is 28.7 Å². The molecular weight excluding hydrogens is 424 g/mol. The van der Waals surface area contributed by atoms with E-state index < -0.39 is 41.5 Å². The molecule has 2 aromatic carbocycles. The lowest BCUT2D eigenvalue weighted by Crippen LogP contribution is -2.35. The van der Waals surface area contributed by atoms with Gasteiger partial charge in [-0.2, -0.15) is 23.0 Å².